The normalized spacial score (nSPS) is 17.8. The average molecular weight is 455 g/mol. The highest BCUT2D eigenvalue weighted by atomic mass is 19.4. The number of rotatable bonds is 7. The van der Waals surface area contributed by atoms with Gasteiger partial charge in [-0.1, -0.05) is 0 Å². The molecule has 12 heteroatoms. The highest BCUT2D eigenvalue weighted by Crippen LogP contribution is 2.39. The number of hydrogen-bond acceptors (Lipinski definition) is 7. The maximum Gasteiger partial charge on any atom is 0.421 e. The maximum absolute atomic E-state index is 13.6. The number of alkyl halides is 3. The minimum Gasteiger partial charge on any atom is -0.370 e. The van der Waals surface area contributed by atoms with Crippen LogP contribution in [0.4, 0.5) is 30.8 Å². The molecule has 0 saturated heterocycles. The standard InChI is InChI=1S/C20H26F3N9/c1-6-24-17-14(20(21,22)23)10-25-18(27-17)26-16-9-15(30-31(16)13-7-8-13)19(4,5)32-28-11(2)12(3)29-32/h9-10,13H,6-8H2,1-5H3,(H2,24,25,26,27)/i1D3,6D2. The van der Waals surface area contributed by atoms with E-state index in [2.05, 4.69) is 25.5 Å². The molecule has 1 fully saturated rings. The number of aromatic nitrogens is 7. The summed E-state index contributed by atoms with van der Waals surface area (Å²) in [5.74, 6) is -0.904. The van der Waals surface area contributed by atoms with Gasteiger partial charge < -0.3 is 10.6 Å². The first kappa shape index (κ1) is 16.5. The summed E-state index contributed by atoms with van der Waals surface area (Å²) < 4.78 is 79.6. The lowest BCUT2D eigenvalue weighted by Gasteiger charge is -2.21. The third kappa shape index (κ3) is 4.13. The van der Waals surface area contributed by atoms with Crippen molar-refractivity contribution < 1.29 is 20.0 Å². The third-order valence-electron chi connectivity index (χ3n) is 5.28. The van der Waals surface area contributed by atoms with Crippen LogP contribution in [0.5, 0.6) is 0 Å². The third-order valence-corrected chi connectivity index (χ3v) is 5.28. The first-order valence-electron chi connectivity index (χ1n) is 12.4. The van der Waals surface area contributed by atoms with Crippen LogP contribution in [0.3, 0.4) is 0 Å². The number of halogens is 3. The fourth-order valence-corrected chi connectivity index (χ4v) is 3.11. The minimum absolute atomic E-state index is 0.0674. The molecule has 2 N–H and O–H groups in total. The highest BCUT2D eigenvalue weighted by molar-refractivity contribution is 5.55. The molecule has 9 nitrogen and oxygen atoms in total. The van der Waals surface area contributed by atoms with Crippen LogP contribution in [0.1, 0.15) is 69.1 Å². The van der Waals surface area contributed by atoms with E-state index < -0.39 is 36.4 Å². The van der Waals surface area contributed by atoms with Gasteiger partial charge >= 0.3 is 6.18 Å². The zero-order chi connectivity index (χ0) is 27.6. The Morgan fingerprint density at radius 3 is 2.47 bits per heavy atom. The quantitative estimate of drug-likeness (QED) is 0.552. The van der Waals surface area contributed by atoms with E-state index in [1.165, 1.54) is 0 Å². The second-order valence-electron chi connectivity index (χ2n) is 8.14. The summed E-state index contributed by atoms with van der Waals surface area (Å²) in [5, 5.41) is 18.2. The molecular formula is C20H26F3N9. The van der Waals surface area contributed by atoms with Crippen LogP contribution in [-0.2, 0) is 11.7 Å². The maximum atomic E-state index is 13.6. The van der Waals surface area contributed by atoms with Crippen LogP contribution >= 0.6 is 0 Å². The second-order valence-corrected chi connectivity index (χ2v) is 8.14. The average Bonchev–Trinajstić information content (AvgIpc) is 3.41. The summed E-state index contributed by atoms with van der Waals surface area (Å²) in [4.78, 5) is 9.08. The Hall–Kier alpha value is -3.18. The molecule has 1 saturated carbocycles. The predicted octanol–water partition coefficient (Wildman–Crippen LogP) is 4.19. The number of hydrogen-bond donors (Lipinski definition) is 2. The van der Waals surface area contributed by atoms with Gasteiger partial charge in [-0.05, 0) is 47.4 Å². The largest absolute Gasteiger partial charge is 0.421 e. The van der Waals surface area contributed by atoms with E-state index in [-0.39, 0.29) is 12.0 Å². The lowest BCUT2D eigenvalue weighted by molar-refractivity contribution is -0.137. The Labute approximate surface area is 190 Å². The number of nitrogens with zero attached hydrogens (tertiary/aromatic N) is 7. The monoisotopic (exact) mass is 454 g/mol. The van der Waals surface area contributed by atoms with Crippen LogP contribution < -0.4 is 10.6 Å². The van der Waals surface area contributed by atoms with Gasteiger partial charge in [0.15, 0.2) is 0 Å². The molecule has 0 unspecified atom stereocenters. The van der Waals surface area contributed by atoms with Crippen molar-refractivity contribution in [1.82, 2.24) is 34.7 Å². The number of anilines is 3. The van der Waals surface area contributed by atoms with Crippen LogP contribution in [0.15, 0.2) is 12.3 Å². The molecule has 3 aromatic heterocycles. The zero-order valence-corrected chi connectivity index (χ0v) is 17.9. The van der Waals surface area contributed by atoms with E-state index >= 15 is 0 Å². The molecular weight excluding hydrogens is 423 g/mol. The van der Waals surface area contributed by atoms with E-state index in [4.69, 9.17) is 12.0 Å². The molecule has 3 aromatic rings. The molecule has 0 atom stereocenters. The minimum atomic E-state index is -4.95. The SMILES string of the molecule is [2H]C([2H])([2H])C([2H])([2H])Nc1nc(Nc2cc(C(C)(C)n3nc(C)c(C)n3)nn2C2CC2)ncc1C(F)(F)F. The van der Waals surface area contributed by atoms with Gasteiger partial charge in [-0.15, -0.1) is 0 Å². The topological polar surface area (TPSA) is 98.4 Å². The van der Waals surface area contributed by atoms with Crippen molar-refractivity contribution in [3.8, 4) is 0 Å². The van der Waals surface area contributed by atoms with Gasteiger partial charge in [0.2, 0.25) is 5.95 Å². The van der Waals surface area contributed by atoms with Gasteiger partial charge in [0.05, 0.1) is 23.1 Å². The fourth-order valence-electron chi connectivity index (χ4n) is 3.11. The van der Waals surface area contributed by atoms with Gasteiger partial charge in [-0.2, -0.15) is 38.2 Å². The first-order valence-corrected chi connectivity index (χ1v) is 9.90. The molecule has 172 valence electrons. The Morgan fingerprint density at radius 2 is 1.88 bits per heavy atom. The molecule has 0 aromatic carbocycles. The van der Waals surface area contributed by atoms with Gasteiger partial charge in [-0.3, -0.25) is 0 Å². The summed E-state index contributed by atoms with van der Waals surface area (Å²) in [6.45, 7) is 1.00. The smallest absolute Gasteiger partial charge is 0.370 e. The van der Waals surface area contributed by atoms with Gasteiger partial charge in [-0.25, -0.2) is 9.67 Å². The van der Waals surface area contributed by atoms with Gasteiger partial charge in [0.1, 0.15) is 22.7 Å². The van der Waals surface area contributed by atoms with Crippen LogP contribution in [0.2, 0.25) is 0 Å². The van der Waals surface area contributed by atoms with E-state index in [0.717, 1.165) is 24.2 Å². The van der Waals surface area contributed by atoms with E-state index in [1.54, 1.807) is 20.9 Å². The summed E-state index contributed by atoms with van der Waals surface area (Å²) in [6.07, 6.45) is -2.78. The van der Waals surface area contributed by atoms with Crippen LogP contribution in [0.25, 0.3) is 0 Å². The molecule has 0 radical (unpaired) electrons. The molecule has 0 amide bonds. The van der Waals surface area contributed by atoms with E-state index in [9.17, 15) is 13.2 Å². The molecule has 1 aliphatic rings. The molecule has 0 spiro atoms. The molecule has 1 aliphatic carbocycles. The van der Waals surface area contributed by atoms with Crippen molar-refractivity contribution >= 4 is 17.6 Å². The summed E-state index contributed by atoms with van der Waals surface area (Å²) in [6, 6.07) is 1.76. The lowest BCUT2D eigenvalue weighted by atomic mass is 10.0. The van der Waals surface area contributed by atoms with Crippen molar-refractivity contribution in [3.05, 3.63) is 34.9 Å². The van der Waals surface area contributed by atoms with Crippen molar-refractivity contribution in [1.29, 1.82) is 0 Å². The fraction of sp³-hybridized carbons (Fsp3) is 0.550. The Balaban J connectivity index is 1.71. The lowest BCUT2D eigenvalue weighted by Crippen LogP contribution is -2.31. The van der Waals surface area contributed by atoms with Gasteiger partial charge in [0, 0.05) is 25.6 Å². The first-order chi connectivity index (χ1) is 16.9. The Kier molecular flexibility index (Phi) is 3.98. The van der Waals surface area contributed by atoms with Crippen LogP contribution in [-0.4, -0.2) is 41.2 Å². The molecule has 0 aliphatic heterocycles. The molecule has 3 heterocycles. The van der Waals surface area contributed by atoms with Crippen molar-refractivity contribution in [2.24, 2.45) is 0 Å². The molecule has 32 heavy (non-hydrogen) atoms. The number of nitrogens with one attached hydrogen (secondary N) is 2. The van der Waals surface area contributed by atoms with E-state index in [0.29, 0.717) is 17.7 Å². The second kappa shape index (κ2) is 7.75. The van der Waals surface area contributed by atoms with Crippen molar-refractivity contribution in [2.45, 2.75) is 65.1 Å². The summed E-state index contributed by atoms with van der Waals surface area (Å²) >= 11 is 0. The Morgan fingerprint density at radius 1 is 1.19 bits per heavy atom. The predicted molar refractivity (Wildman–Crippen MR) is 113 cm³/mol. The van der Waals surface area contributed by atoms with Gasteiger partial charge in [0.25, 0.3) is 0 Å². The molecule has 4 rings (SSSR count). The summed E-state index contributed by atoms with van der Waals surface area (Å²) in [7, 11) is 0. The number of aryl methyl sites for hydroxylation is 2. The van der Waals surface area contributed by atoms with Crippen molar-refractivity contribution in [2.75, 3.05) is 17.1 Å². The molecule has 0 bridgehead atoms. The Bertz CT molecular complexity index is 1290. The van der Waals surface area contributed by atoms with Crippen molar-refractivity contribution in [3.63, 3.8) is 0 Å². The summed E-state index contributed by atoms with van der Waals surface area (Å²) in [5.41, 5.74) is -0.0506. The zero-order valence-electron chi connectivity index (χ0n) is 22.9. The van der Waals surface area contributed by atoms with Crippen LogP contribution in [0, 0.1) is 13.8 Å². The highest BCUT2D eigenvalue weighted by Gasteiger charge is 2.36. The van der Waals surface area contributed by atoms with E-state index in [1.807, 2.05) is 27.7 Å².